The van der Waals surface area contributed by atoms with Crippen molar-refractivity contribution in [2.24, 2.45) is 0 Å². The Kier molecular flexibility index (Phi) is 1.85. The minimum atomic E-state index is 0.455. The maximum atomic E-state index is 5.69. The lowest BCUT2D eigenvalue weighted by Crippen LogP contribution is -2.44. The van der Waals surface area contributed by atoms with Gasteiger partial charge in [-0.3, -0.25) is 0 Å². The van der Waals surface area contributed by atoms with E-state index in [-0.39, 0.29) is 0 Å². The summed E-state index contributed by atoms with van der Waals surface area (Å²) in [5.74, 6) is 0.948. The van der Waals surface area contributed by atoms with E-state index in [0.717, 1.165) is 18.9 Å². The van der Waals surface area contributed by atoms with Gasteiger partial charge in [-0.15, -0.1) is 10.2 Å². The molecule has 0 aromatic carbocycles. The zero-order valence-corrected chi connectivity index (χ0v) is 8.41. The summed E-state index contributed by atoms with van der Waals surface area (Å²) in [5, 5.41) is 11.9. The first-order chi connectivity index (χ1) is 6.83. The number of anilines is 1. The predicted molar refractivity (Wildman–Crippen MR) is 54.6 cm³/mol. The molecule has 2 aliphatic heterocycles. The Morgan fingerprint density at radius 2 is 2.36 bits per heavy atom. The Hall–Kier alpha value is -0.870. The molecule has 1 aromatic heterocycles. The highest BCUT2D eigenvalue weighted by atomic mass is 35.5. The van der Waals surface area contributed by atoms with Gasteiger partial charge in [-0.1, -0.05) is 11.6 Å². The van der Waals surface area contributed by atoms with Crippen LogP contribution in [0.5, 0.6) is 0 Å². The van der Waals surface area contributed by atoms with Crippen LogP contribution < -0.4 is 10.2 Å². The van der Waals surface area contributed by atoms with Crippen molar-refractivity contribution in [2.75, 3.05) is 18.0 Å². The van der Waals surface area contributed by atoms with Gasteiger partial charge in [0.2, 0.25) is 0 Å². The zero-order chi connectivity index (χ0) is 9.54. The minimum absolute atomic E-state index is 0.455. The molecule has 0 saturated carbocycles. The summed E-state index contributed by atoms with van der Waals surface area (Å²) in [6.07, 6.45) is 1.23. The fourth-order valence-electron chi connectivity index (χ4n) is 2.30. The van der Waals surface area contributed by atoms with Crippen LogP contribution in [-0.4, -0.2) is 35.4 Å². The third kappa shape index (κ3) is 1.26. The van der Waals surface area contributed by atoms with E-state index in [9.17, 15) is 0 Å². The average Bonchev–Trinajstić information content (AvgIpc) is 2.80. The lowest BCUT2D eigenvalue weighted by atomic mass is 10.2. The fourth-order valence-corrected chi connectivity index (χ4v) is 2.40. The van der Waals surface area contributed by atoms with Crippen molar-refractivity contribution in [3.63, 3.8) is 0 Å². The molecule has 3 heterocycles. The molecule has 14 heavy (non-hydrogen) atoms. The van der Waals surface area contributed by atoms with Crippen LogP contribution in [0, 0.1) is 0 Å². The topological polar surface area (TPSA) is 41.0 Å². The summed E-state index contributed by atoms with van der Waals surface area (Å²) >= 11 is 5.69. The molecule has 2 atom stereocenters. The van der Waals surface area contributed by atoms with E-state index in [0.29, 0.717) is 17.2 Å². The van der Waals surface area contributed by atoms with Crippen molar-refractivity contribution < 1.29 is 0 Å². The van der Waals surface area contributed by atoms with Gasteiger partial charge >= 0.3 is 0 Å². The third-order valence-electron chi connectivity index (χ3n) is 2.97. The van der Waals surface area contributed by atoms with E-state index in [1.807, 2.05) is 6.07 Å². The standard InChI is InChI=1S/C9H11ClN4/c10-8-1-2-9(13-12-8)14-5-6-3-7(14)4-11-6/h1-2,6-7,11H,3-5H2/t6-,7+/m1/s1. The molecular formula is C9H11ClN4. The molecule has 2 bridgehead atoms. The molecule has 2 saturated heterocycles. The van der Waals surface area contributed by atoms with Crippen molar-refractivity contribution in [3.8, 4) is 0 Å². The van der Waals surface area contributed by atoms with Crippen LogP contribution in [0.25, 0.3) is 0 Å². The second kappa shape index (κ2) is 3.07. The van der Waals surface area contributed by atoms with Crippen molar-refractivity contribution in [1.82, 2.24) is 15.5 Å². The van der Waals surface area contributed by atoms with Crippen molar-refractivity contribution in [1.29, 1.82) is 0 Å². The zero-order valence-electron chi connectivity index (χ0n) is 7.65. The van der Waals surface area contributed by atoms with Gasteiger partial charge in [0.1, 0.15) is 0 Å². The average molecular weight is 211 g/mol. The predicted octanol–water partition coefficient (Wildman–Crippen LogP) is 0.680. The van der Waals surface area contributed by atoms with E-state index < -0.39 is 0 Å². The van der Waals surface area contributed by atoms with Crippen LogP contribution in [0.15, 0.2) is 12.1 Å². The Balaban J connectivity index is 1.86. The molecule has 2 aliphatic rings. The molecule has 5 heteroatoms. The van der Waals surface area contributed by atoms with Gasteiger partial charge < -0.3 is 10.2 Å². The van der Waals surface area contributed by atoms with Crippen molar-refractivity contribution >= 4 is 17.4 Å². The molecule has 0 amide bonds. The molecular weight excluding hydrogens is 200 g/mol. The van der Waals surface area contributed by atoms with Gasteiger partial charge in [0.15, 0.2) is 11.0 Å². The van der Waals surface area contributed by atoms with Crippen LogP contribution in [0.2, 0.25) is 5.15 Å². The van der Waals surface area contributed by atoms with E-state index in [2.05, 4.69) is 20.4 Å². The van der Waals surface area contributed by atoms with Crippen LogP contribution in [0.4, 0.5) is 5.82 Å². The van der Waals surface area contributed by atoms with E-state index in [1.54, 1.807) is 6.07 Å². The smallest absolute Gasteiger partial charge is 0.151 e. The largest absolute Gasteiger partial charge is 0.349 e. The lowest BCUT2D eigenvalue weighted by Gasteiger charge is -2.27. The number of hydrogen-bond acceptors (Lipinski definition) is 4. The lowest BCUT2D eigenvalue weighted by molar-refractivity contribution is 0.574. The summed E-state index contributed by atoms with van der Waals surface area (Å²) < 4.78 is 0. The Morgan fingerprint density at radius 1 is 1.43 bits per heavy atom. The van der Waals surface area contributed by atoms with Crippen LogP contribution in [-0.2, 0) is 0 Å². The van der Waals surface area contributed by atoms with Gasteiger partial charge in [-0.2, -0.15) is 0 Å². The molecule has 2 fully saturated rings. The number of nitrogens with one attached hydrogen (secondary N) is 1. The summed E-state index contributed by atoms with van der Waals surface area (Å²) in [7, 11) is 0. The number of halogens is 1. The molecule has 4 nitrogen and oxygen atoms in total. The van der Waals surface area contributed by atoms with Crippen LogP contribution in [0.3, 0.4) is 0 Å². The minimum Gasteiger partial charge on any atom is -0.349 e. The summed E-state index contributed by atoms with van der Waals surface area (Å²) in [6, 6.07) is 4.97. The molecule has 0 spiro atoms. The van der Waals surface area contributed by atoms with Gasteiger partial charge in [-0.25, -0.2) is 0 Å². The molecule has 0 unspecified atom stereocenters. The maximum Gasteiger partial charge on any atom is 0.151 e. The quantitative estimate of drug-likeness (QED) is 0.740. The first-order valence-corrected chi connectivity index (χ1v) is 5.20. The van der Waals surface area contributed by atoms with E-state index in [1.165, 1.54) is 6.42 Å². The Bertz CT molecular complexity index is 339. The normalized spacial score (nSPS) is 29.9. The molecule has 74 valence electrons. The molecule has 1 aromatic rings. The van der Waals surface area contributed by atoms with Gasteiger partial charge in [0, 0.05) is 25.2 Å². The molecule has 0 radical (unpaired) electrons. The number of piperazine rings is 1. The van der Waals surface area contributed by atoms with Gasteiger partial charge in [-0.05, 0) is 18.6 Å². The summed E-state index contributed by atoms with van der Waals surface area (Å²) in [6.45, 7) is 2.11. The second-order valence-corrected chi connectivity index (χ2v) is 4.25. The Labute approximate surface area is 87.3 Å². The number of aromatic nitrogens is 2. The van der Waals surface area contributed by atoms with E-state index >= 15 is 0 Å². The van der Waals surface area contributed by atoms with Crippen LogP contribution >= 0.6 is 11.6 Å². The van der Waals surface area contributed by atoms with Crippen molar-refractivity contribution in [2.45, 2.75) is 18.5 Å². The Morgan fingerprint density at radius 3 is 2.93 bits per heavy atom. The van der Waals surface area contributed by atoms with Gasteiger partial charge in [0.05, 0.1) is 0 Å². The SMILES string of the molecule is Clc1ccc(N2C[C@H]3C[C@H]2CN3)nn1. The first kappa shape index (κ1) is 8.44. The monoisotopic (exact) mass is 210 g/mol. The number of hydrogen-bond donors (Lipinski definition) is 1. The van der Waals surface area contributed by atoms with Crippen LogP contribution in [0.1, 0.15) is 6.42 Å². The second-order valence-electron chi connectivity index (χ2n) is 3.86. The number of nitrogens with zero attached hydrogens (tertiary/aromatic N) is 3. The number of rotatable bonds is 1. The molecule has 0 aliphatic carbocycles. The summed E-state index contributed by atoms with van der Waals surface area (Å²) in [5.41, 5.74) is 0. The maximum absolute atomic E-state index is 5.69. The van der Waals surface area contributed by atoms with Crippen molar-refractivity contribution in [3.05, 3.63) is 17.3 Å². The molecule has 1 N–H and O–H groups in total. The fraction of sp³-hybridized carbons (Fsp3) is 0.556. The van der Waals surface area contributed by atoms with Gasteiger partial charge in [0.25, 0.3) is 0 Å². The summed E-state index contributed by atoms with van der Waals surface area (Å²) in [4.78, 5) is 2.31. The molecule has 3 rings (SSSR count). The first-order valence-electron chi connectivity index (χ1n) is 4.82. The van der Waals surface area contributed by atoms with E-state index in [4.69, 9.17) is 11.6 Å². The highest BCUT2D eigenvalue weighted by molar-refractivity contribution is 6.29. The number of fused-ring (bicyclic) bond motifs is 2. The highest BCUT2D eigenvalue weighted by Gasteiger charge is 2.38. The highest BCUT2D eigenvalue weighted by Crippen LogP contribution is 2.27. The third-order valence-corrected chi connectivity index (χ3v) is 3.17.